The summed E-state index contributed by atoms with van der Waals surface area (Å²) >= 11 is 0. The molecule has 0 radical (unpaired) electrons. The van der Waals surface area contributed by atoms with Crippen LogP contribution in [0.4, 0.5) is 0 Å². The third-order valence-electron chi connectivity index (χ3n) is 1.57. The first-order valence-corrected chi connectivity index (χ1v) is 3.57. The van der Waals surface area contributed by atoms with Gasteiger partial charge >= 0.3 is 0 Å². The number of hydrogen-bond donors (Lipinski definition) is 6. The summed E-state index contributed by atoms with van der Waals surface area (Å²) < 4.78 is 0. The van der Waals surface area contributed by atoms with Crippen LogP contribution < -0.4 is 5.73 Å². The molecule has 13 heavy (non-hydrogen) atoms. The molecule has 4 atom stereocenters. The van der Waals surface area contributed by atoms with Crippen molar-refractivity contribution in [2.24, 2.45) is 5.73 Å². The topological polar surface area (TPSA) is 127 Å². The fraction of sp³-hybridized carbons (Fsp3) is 1.00. The molecule has 0 aromatic heterocycles. The van der Waals surface area contributed by atoms with Gasteiger partial charge in [0, 0.05) is 6.54 Å². The van der Waals surface area contributed by atoms with E-state index in [1.54, 1.807) is 0 Å². The van der Waals surface area contributed by atoms with Gasteiger partial charge in [0.15, 0.2) is 0 Å². The van der Waals surface area contributed by atoms with E-state index in [1.807, 2.05) is 0 Å². The second kappa shape index (κ2) is 7.85. The molecule has 4 unspecified atom stereocenters. The molecule has 0 aromatic carbocycles. The summed E-state index contributed by atoms with van der Waals surface area (Å²) in [5.74, 6) is 0. The molecule has 0 aliphatic heterocycles. The number of halogens is 1. The first-order valence-electron chi connectivity index (χ1n) is 3.57. The summed E-state index contributed by atoms with van der Waals surface area (Å²) in [6.45, 7) is -0.911. The van der Waals surface area contributed by atoms with Gasteiger partial charge in [-0.3, -0.25) is 0 Å². The van der Waals surface area contributed by atoms with Crippen LogP contribution in [0.2, 0.25) is 0 Å². The first kappa shape index (κ1) is 15.9. The van der Waals surface area contributed by atoms with Crippen molar-refractivity contribution in [2.45, 2.75) is 24.4 Å². The molecule has 7 N–H and O–H groups in total. The maximum atomic E-state index is 9.04. The molecule has 82 valence electrons. The Morgan fingerprint density at radius 1 is 0.923 bits per heavy atom. The van der Waals surface area contributed by atoms with E-state index in [0.29, 0.717) is 0 Å². The molecule has 0 saturated carbocycles. The van der Waals surface area contributed by atoms with E-state index < -0.39 is 31.0 Å². The van der Waals surface area contributed by atoms with Gasteiger partial charge in [-0.2, -0.15) is 0 Å². The number of aliphatic hydroxyl groups excluding tert-OH is 5. The zero-order valence-electron chi connectivity index (χ0n) is 6.95. The number of aliphatic hydroxyl groups is 5. The predicted molar refractivity (Wildman–Crippen MR) is 55.6 cm³/mol. The quantitative estimate of drug-likeness (QED) is 0.301. The Balaban J connectivity index is 0. The van der Waals surface area contributed by atoms with Crippen molar-refractivity contribution >= 4 is 24.0 Å². The molecule has 0 fully saturated rings. The van der Waals surface area contributed by atoms with Gasteiger partial charge in [0.25, 0.3) is 0 Å². The van der Waals surface area contributed by atoms with Crippen molar-refractivity contribution < 1.29 is 25.5 Å². The highest BCUT2D eigenvalue weighted by Gasteiger charge is 2.28. The average molecular weight is 309 g/mol. The molecular formula is C6H16INO5. The number of hydrogen-bond acceptors (Lipinski definition) is 6. The Hall–Kier alpha value is 0.490. The Kier molecular flexibility index (Phi) is 9.63. The second-order valence-corrected chi connectivity index (χ2v) is 2.53. The van der Waals surface area contributed by atoms with Crippen molar-refractivity contribution in [3.63, 3.8) is 0 Å². The standard InChI is InChI=1S/C6H15NO5.HI/c7-1-3(9)5(11)6(12)4(10)2-8;/h3-6,8-12H,1-2,7H2;1H. The van der Waals surface area contributed by atoms with E-state index in [2.05, 4.69) is 0 Å². The van der Waals surface area contributed by atoms with Crippen LogP contribution in [0.3, 0.4) is 0 Å². The van der Waals surface area contributed by atoms with Crippen molar-refractivity contribution in [2.75, 3.05) is 13.2 Å². The minimum absolute atomic E-state index is 0. The van der Waals surface area contributed by atoms with Crippen LogP contribution in [0.5, 0.6) is 0 Å². The number of rotatable bonds is 5. The van der Waals surface area contributed by atoms with Crippen molar-refractivity contribution in [3.05, 3.63) is 0 Å². The lowest BCUT2D eigenvalue weighted by molar-refractivity contribution is -0.112. The molecule has 0 rings (SSSR count). The number of nitrogens with two attached hydrogens (primary N) is 1. The molecule has 6 nitrogen and oxygen atoms in total. The summed E-state index contributed by atoms with van der Waals surface area (Å²) in [6, 6.07) is 0. The van der Waals surface area contributed by atoms with Gasteiger partial charge < -0.3 is 31.3 Å². The molecule has 0 aliphatic rings. The van der Waals surface area contributed by atoms with E-state index in [0.717, 1.165) is 0 Å². The first-order chi connectivity index (χ1) is 5.54. The summed E-state index contributed by atoms with van der Waals surface area (Å²) in [7, 11) is 0. The highest BCUT2D eigenvalue weighted by Crippen LogP contribution is 2.03. The van der Waals surface area contributed by atoms with Crippen molar-refractivity contribution in [1.29, 1.82) is 0 Å². The minimum atomic E-state index is -1.59. The lowest BCUT2D eigenvalue weighted by atomic mass is 10.0. The third kappa shape index (κ3) is 5.05. The van der Waals surface area contributed by atoms with Crippen LogP contribution in [0.25, 0.3) is 0 Å². The fourth-order valence-electron chi connectivity index (χ4n) is 0.703. The SMILES string of the molecule is I.NCC(O)C(O)C(O)C(O)CO. The van der Waals surface area contributed by atoms with E-state index in [1.165, 1.54) is 0 Å². The van der Waals surface area contributed by atoms with Crippen molar-refractivity contribution in [3.8, 4) is 0 Å². The van der Waals surface area contributed by atoms with Gasteiger partial charge in [0.05, 0.1) is 12.7 Å². The molecule has 0 aliphatic carbocycles. The molecule has 0 aromatic rings. The van der Waals surface area contributed by atoms with Gasteiger partial charge in [0.1, 0.15) is 18.3 Å². The van der Waals surface area contributed by atoms with Crippen molar-refractivity contribution in [1.82, 2.24) is 0 Å². The lowest BCUT2D eigenvalue weighted by Gasteiger charge is -2.24. The fourth-order valence-corrected chi connectivity index (χ4v) is 0.703. The van der Waals surface area contributed by atoms with E-state index in [9.17, 15) is 0 Å². The Labute approximate surface area is 93.0 Å². The van der Waals surface area contributed by atoms with E-state index in [4.69, 9.17) is 31.3 Å². The average Bonchev–Trinajstić information content (AvgIpc) is 2.12. The molecule has 0 heterocycles. The predicted octanol–water partition coefficient (Wildman–Crippen LogP) is -3.00. The molecule has 0 spiro atoms. The smallest absolute Gasteiger partial charge is 0.111 e. The molecule has 0 saturated heterocycles. The Morgan fingerprint density at radius 2 is 1.31 bits per heavy atom. The normalized spacial score (nSPS) is 19.8. The summed E-state index contributed by atoms with van der Waals surface area (Å²) in [6.07, 6.45) is -5.91. The summed E-state index contributed by atoms with van der Waals surface area (Å²) in [4.78, 5) is 0. The Morgan fingerprint density at radius 3 is 1.62 bits per heavy atom. The van der Waals surface area contributed by atoms with Crippen LogP contribution >= 0.6 is 24.0 Å². The van der Waals surface area contributed by atoms with Gasteiger partial charge in [-0.05, 0) is 0 Å². The molecule has 0 bridgehead atoms. The van der Waals surface area contributed by atoms with Crippen LogP contribution in [0, 0.1) is 0 Å². The van der Waals surface area contributed by atoms with Crippen LogP contribution in [-0.4, -0.2) is 63.1 Å². The molecule has 7 heteroatoms. The molecule has 0 amide bonds. The van der Waals surface area contributed by atoms with Gasteiger partial charge in [-0.1, -0.05) is 0 Å². The largest absolute Gasteiger partial charge is 0.394 e. The zero-order valence-corrected chi connectivity index (χ0v) is 9.28. The molecular weight excluding hydrogens is 293 g/mol. The maximum Gasteiger partial charge on any atom is 0.111 e. The highest BCUT2D eigenvalue weighted by molar-refractivity contribution is 14.0. The maximum absolute atomic E-state index is 9.04. The van der Waals surface area contributed by atoms with Crippen LogP contribution in [0.15, 0.2) is 0 Å². The zero-order chi connectivity index (χ0) is 9.72. The van der Waals surface area contributed by atoms with Gasteiger partial charge in [0.2, 0.25) is 0 Å². The Bertz CT molecular complexity index is 114. The monoisotopic (exact) mass is 309 g/mol. The van der Waals surface area contributed by atoms with Gasteiger partial charge in [-0.25, -0.2) is 0 Å². The lowest BCUT2D eigenvalue weighted by Crippen LogP contribution is -2.48. The van der Waals surface area contributed by atoms with E-state index in [-0.39, 0.29) is 30.5 Å². The van der Waals surface area contributed by atoms with Gasteiger partial charge in [-0.15, -0.1) is 24.0 Å². The summed E-state index contributed by atoms with van der Waals surface area (Å²) in [5.41, 5.74) is 4.99. The minimum Gasteiger partial charge on any atom is -0.394 e. The van der Waals surface area contributed by atoms with Crippen LogP contribution in [0.1, 0.15) is 0 Å². The summed E-state index contributed by atoms with van der Waals surface area (Å²) in [5, 5.41) is 44.2. The third-order valence-corrected chi connectivity index (χ3v) is 1.57. The van der Waals surface area contributed by atoms with E-state index >= 15 is 0 Å². The van der Waals surface area contributed by atoms with Crippen LogP contribution in [-0.2, 0) is 0 Å². The highest BCUT2D eigenvalue weighted by atomic mass is 127. The second-order valence-electron chi connectivity index (χ2n) is 2.53.